The molecule has 2 saturated carbocycles. The molecule has 0 nitrogen and oxygen atoms in total. The molecular formula is C25H36. The molecule has 0 aromatic heterocycles. The van der Waals surface area contributed by atoms with Gasteiger partial charge in [0.1, 0.15) is 0 Å². The molecule has 25 heavy (non-hydrogen) atoms. The zero-order valence-electron chi connectivity index (χ0n) is 16.8. The van der Waals surface area contributed by atoms with Crippen molar-refractivity contribution in [3.63, 3.8) is 0 Å². The standard InChI is InChI=1S/C25H36/c1-24(2,3)17-14-15-18(16-17)25(4,5)23-21-12-8-6-10-19(21)20-11-7-9-13-22(20)23/h6-13,17-23H,14-16H2,1-5H3/t17-,18?,19?,20?,21?,22?,23?/m1/s1. The van der Waals surface area contributed by atoms with E-state index in [1.807, 2.05) is 0 Å². The van der Waals surface area contributed by atoms with Crippen LogP contribution in [0.5, 0.6) is 0 Å². The molecule has 4 rings (SSSR count). The molecule has 0 spiro atoms. The summed E-state index contributed by atoms with van der Waals surface area (Å²) in [6.07, 6.45) is 23.5. The summed E-state index contributed by atoms with van der Waals surface area (Å²) in [6.45, 7) is 12.5. The maximum Gasteiger partial charge on any atom is -0.00954 e. The van der Waals surface area contributed by atoms with Crippen LogP contribution < -0.4 is 0 Å². The largest absolute Gasteiger partial charge is 0.0805 e. The second-order valence-corrected chi connectivity index (χ2v) is 10.8. The van der Waals surface area contributed by atoms with Crippen LogP contribution >= 0.6 is 0 Å². The van der Waals surface area contributed by atoms with Crippen molar-refractivity contribution in [2.45, 2.75) is 53.9 Å². The Morgan fingerprint density at radius 3 is 1.48 bits per heavy atom. The van der Waals surface area contributed by atoms with Gasteiger partial charge in [-0.15, -0.1) is 0 Å². The van der Waals surface area contributed by atoms with Gasteiger partial charge >= 0.3 is 0 Å². The van der Waals surface area contributed by atoms with Gasteiger partial charge in [0, 0.05) is 0 Å². The summed E-state index contributed by atoms with van der Waals surface area (Å²) in [5, 5.41) is 0. The van der Waals surface area contributed by atoms with Crippen molar-refractivity contribution in [1.29, 1.82) is 0 Å². The number of hydrogen-bond acceptors (Lipinski definition) is 0. The lowest BCUT2D eigenvalue weighted by molar-refractivity contribution is 0.0681. The summed E-state index contributed by atoms with van der Waals surface area (Å²) < 4.78 is 0. The molecule has 0 bridgehead atoms. The number of allylic oxidation sites excluding steroid dienone is 8. The maximum absolute atomic E-state index is 2.60. The van der Waals surface area contributed by atoms with Crippen molar-refractivity contribution in [2.24, 2.45) is 52.3 Å². The van der Waals surface area contributed by atoms with Crippen LogP contribution in [0.25, 0.3) is 0 Å². The Labute approximate surface area is 155 Å². The molecule has 0 N–H and O–H groups in total. The van der Waals surface area contributed by atoms with E-state index in [2.05, 4.69) is 83.2 Å². The van der Waals surface area contributed by atoms with Gasteiger partial charge in [-0.2, -0.15) is 0 Å². The van der Waals surface area contributed by atoms with Gasteiger partial charge in [0.15, 0.2) is 0 Å². The first-order valence-electron chi connectivity index (χ1n) is 10.5. The molecule has 2 fully saturated rings. The van der Waals surface area contributed by atoms with Gasteiger partial charge in [-0.3, -0.25) is 0 Å². The van der Waals surface area contributed by atoms with Crippen LogP contribution in [0.3, 0.4) is 0 Å². The van der Waals surface area contributed by atoms with Gasteiger partial charge in [-0.1, -0.05) is 83.2 Å². The SMILES string of the molecule is CC(C)(C1CC[C@@H](C(C)(C)C)C1)C1C2C=CC=CC2C2C=CC=CC21. The van der Waals surface area contributed by atoms with Crippen LogP contribution in [0.4, 0.5) is 0 Å². The fraction of sp³-hybridized carbons (Fsp3) is 0.680. The molecule has 0 aromatic rings. The van der Waals surface area contributed by atoms with Crippen molar-refractivity contribution in [2.75, 3.05) is 0 Å². The summed E-state index contributed by atoms with van der Waals surface area (Å²) in [5.41, 5.74) is 0.875. The minimum atomic E-state index is 0.410. The van der Waals surface area contributed by atoms with E-state index in [0.717, 1.165) is 29.6 Å². The fourth-order valence-corrected chi connectivity index (χ4v) is 6.74. The van der Waals surface area contributed by atoms with Gasteiger partial charge in [0.25, 0.3) is 0 Å². The highest BCUT2D eigenvalue weighted by atomic mass is 14.6. The molecule has 0 aromatic carbocycles. The van der Waals surface area contributed by atoms with Crippen molar-refractivity contribution < 1.29 is 0 Å². The van der Waals surface area contributed by atoms with Gasteiger partial charge in [0.05, 0.1) is 0 Å². The lowest BCUT2D eigenvalue weighted by atomic mass is 9.61. The molecule has 0 saturated heterocycles. The average Bonchev–Trinajstić information content (AvgIpc) is 3.18. The third-order valence-corrected chi connectivity index (χ3v) is 8.29. The van der Waals surface area contributed by atoms with Crippen LogP contribution in [-0.4, -0.2) is 0 Å². The molecule has 4 aliphatic rings. The lowest BCUT2D eigenvalue weighted by Crippen LogP contribution is -2.38. The molecule has 0 radical (unpaired) electrons. The van der Waals surface area contributed by atoms with Gasteiger partial charge < -0.3 is 0 Å². The van der Waals surface area contributed by atoms with E-state index in [-0.39, 0.29) is 0 Å². The van der Waals surface area contributed by atoms with Gasteiger partial charge in [0.2, 0.25) is 0 Å². The minimum absolute atomic E-state index is 0.410. The Hall–Kier alpha value is -1.04. The Morgan fingerprint density at radius 1 is 0.600 bits per heavy atom. The zero-order chi connectivity index (χ0) is 17.8. The highest BCUT2D eigenvalue weighted by molar-refractivity contribution is 5.29. The number of fused-ring (bicyclic) bond motifs is 3. The zero-order valence-corrected chi connectivity index (χ0v) is 16.8. The predicted molar refractivity (Wildman–Crippen MR) is 108 cm³/mol. The second-order valence-electron chi connectivity index (χ2n) is 10.8. The molecule has 6 atom stereocenters. The summed E-state index contributed by atoms with van der Waals surface area (Å²) in [4.78, 5) is 0. The lowest BCUT2D eigenvalue weighted by Gasteiger charge is -2.44. The molecule has 0 heterocycles. The Balaban J connectivity index is 1.63. The van der Waals surface area contributed by atoms with E-state index in [4.69, 9.17) is 0 Å². The number of rotatable bonds is 2. The Kier molecular flexibility index (Phi) is 4.17. The molecule has 0 aliphatic heterocycles. The van der Waals surface area contributed by atoms with Crippen LogP contribution in [0.15, 0.2) is 48.6 Å². The predicted octanol–water partition coefficient (Wildman–Crippen LogP) is 6.82. The summed E-state index contributed by atoms with van der Waals surface area (Å²) >= 11 is 0. The van der Waals surface area contributed by atoms with E-state index in [1.54, 1.807) is 0 Å². The quantitative estimate of drug-likeness (QED) is 0.519. The molecular weight excluding hydrogens is 300 g/mol. The third kappa shape index (κ3) is 2.81. The van der Waals surface area contributed by atoms with E-state index in [1.165, 1.54) is 19.3 Å². The first-order valence-corrected chi connectivity index (χ1v) is 10.5. The first kappa shape index (κ1) is 17.4. The molecule has 0 heteroatoms. The van der Waals surface area contributed by atoms with Crippen molar-refractivity contribution in [3.05, 3.63) is 48.6 Å². The second kappa shape index (κ2) is 6.00. The Morgan fingerprint density at radius 2 is 1.04 bits per heavy atom. The highest BCUT2D eigenvalue weighted by Crippen LogP contribution is 2.61. The minimum Gasteiger partial charge on any atom is -0.0805 e. The third-order valence-electron chi connectivity index (χ3n) is 8.29. The van der Waals surface area contributed by atoms with E-state index in [9.17, 15) is 0 Å². The van der Waals surface area contributed by atoms with Gasteiger partial charge in [-0.25, -0.2) is 0 Å². The van der Waals surface area contributed by atoms with Crippen LogP contribution in [-0.2, 0) is 0 Å². The van der Waals surface area contributed by atoms with Crippen LogP contribution in [0, 0.1) is 52.3 Å². The van der Waals surface area contributed by atoms with Crippen LogP contribution in [0.2, 0.25) is 0 Å². The Bertz CT molecular complexity index is 587. The van der Waals surface area contributed by atoms with Crippen molar-refractivity contribution in [3.8, 4) is 0 Å². The normalized spacial score (nSPS) is 42.7. The number of hydrogen-bond donors (Lipinski definition) is 0. The molecule has 5 unspecified atom stereocenters. The molecule has 136 valence electrons. The van der Waals surface area contributed by atoms with Crippen LogP contribution in [0.1, 0.15) is 53.9 Å². The summed E-state index contributed by atoms with van der Waals surface area (Å²) in [6, 6.07) is 0. The molecule has 4 aliphatic carbocycles. The average molecular weight is 337 g/mol. The van der Waals surface area contributed by atoms with Crippen molar-refractivity contribution >= 4 is 0 Å². The summed E-state index contributed by atoms with van der Waals surface area (Å²) in [5.74, 6) is 5.40. The smallest absolute Gasteiger partial charge is 0.00954 e. The summed E-state index contributed by atoms with van der Waals surface area (Å²) in [7, 11) is 0. The highest BCUT2D eigenvalue weighted by Gasteiger charge is 2.55. The molecule has 0 amide bonds. The first-order chi connectivity index (χ1) is 11.8. The van der Waals surface area contributed by atoms with E-state index >= 15 is 0 Å². The van der Waals surface area contributed by atoms with E-state index < -0.39 is 0 Å². The van der Waals surface area contributed by atoms with Crippen molar-refractivity contribution in [1.82, 2.24) is 0 Å². The maximum atomic E-state index is 2.60. The van der Waals surface area contributed by atoms with E-state index in [0.29, 0.717) is 22.7 Å². The monoisotopic (exact) mass is 336 g/mol. The van der Waals surface area contributed by atoms with Gasteiger partial charge in [-0.05, 0) is 71.5 Å². The topological polar surface area (TPSA) is 0 Å². The fourth-order valence-electron chi connectivity index (χ4n) is 6.74.